The Morgan fingerprint density at radius 3 is 1.70 bits per heavy atom. The Morgan fingerprint density at radius 1 is 0.609 bits per heavy atom. The van der Waals surface area contributed by atoms with Gasteiger partial charge in [0.2, 0.25) is 0 Å². The van der Waals surface area contributed by atoms with E-state index in [1.54, 1.807) is 42.5 Å². The lowest BCUT2D eigenvalue weighted by molar-refractivity contribution is 0.410. The average molecular weight is 347 g/mol. The molecule has 116 valence electrons. The minimum absolute atomic E-state index is 0.0542. The normalized spacial score (nSPS) is 10.3. The number of aromatic hydroxyl groups is 1. The van der Waals surface area contributed by atoms with Gasteiger partial charge in [-0.1, -0.05) is 47.5 Å². The molecule has 1 N–H and O–H groups in total. The Bertz CT molecular complexity index is 834. The van der Waals surface area contributed by atoms with E-state index in [1.807, 2.05) is 12.1 Å². The van der Waals surface area contributed by atoms with E-state index in [0.717, 1.165) is 0 Å². The molecule has 3 nitrogen and oxygen atoms in total. The van der Waals surface area contributed by atoms with Crippen molar-refractivity contribution < 1.29 is 14.6 Å². The van der Waals surface area contributed by atoms with Crippen molar-refractivity contribution in [1.29, 1.82) is 0 Å². The summed E-state index contributed by atoms with van der Waals surface area (Å²) in [6, 6.07) is 18.7. The molecule has 0 spiro atoms. The van der Waals surface area contributed by atoms with E-state index in [0.29, 0.717) is 33.0 Å². The molecule has 3 aromatic carbocycles. The quantitative estimate of drug-likeness (QED) is 0.603. The van der Waals surface area contributed by atoms with Crippen LogP contribution in [0.1, 0.15) is 0 Å². The fourth-order valence-corrected chi connectivity index (χ4v) is 2.30. The number of halogens is 2. The predicted octanol–water partition coefficient (Wildman–Crippen LogP) is 6.28. The SMILES string of the molecule is Oc1ccc(Oc2ccccc2Cl)c(Oc2ccccc2Cl)c1. The fraction of sp³-hybridized carbons (Fsp3) is 0. The summed E-state index contributed by atoms with van der Waals surface area (Å²) in [5, 5.41) is 10.6. The first-order valence-corrected chi connectivity index (χ1v) is 7.57. The van der Waals surface area contributed by atoms with Gasteiger partial charge in [-0.15, -0.1) is 0 Å². The van der Waals surface area contributed by atoms with Crippen molar-refractivity contribution in [3.63, 3.8) is 0 Å². The molecule has 0 aromatic heterocycles. The van der Waals surface area contributed by atoms with Crippen LogP contribution in [-0.4, -0.2) is 5.11 Å². The van der Waals surface area contributed by atoms with E-state index in [-0.39, 0.29) is 5.75 Å². The molecule has 3 aromatic rings. The zero-order valence-electron chi connectivity index (χ0n) is 11.9. The van der Waals surface area contributed by atoms with Crippen molar-refractivity contribution in [2.75, 3.05) is 0 Å². The number of benzene rings is 3. The van der Waals surface area contributed by atoms with Gasteiger partial charge >= 0.3 is 0 Å². The summed E-state index contributed by atoms with van der Waals surface area (Å²) in [5.74, 6) is 1.75. The van der Waals surface area contributed by atoms with Gasteiger partial charge < -0.3 is 14.6 Å². The van der Waals surface area contributed by atoms with Gasteiger partial charge in [0.05, 0.1) is 10.0 Å². The molecule has 0 radical (unpaired) electrons. The number of rotatable bonds is 4. The van der Waals surface area contributed by atoms with Crippen LogP contribution in [0.25, 0.3) is 0 Å². The number of phenolic OH excluding ortho intramolecular Hbond substituents is 1. The van der Waals surface area contributed by atoms with Crippen molar-refractivity contribution in [3.05, 3.63) is 76.8 Å². The van der Waals surface area contributed by atoms with Crippen LogP contribution in [0.5, 0.6) is 28.7 Å². The van der Waals surface area contributed by atoms with Gasteiger partial charge in [0.15, 0.2) is 11.5 Å². The molecule has 23 heavy (non-hydrogen) atoms. The summed E-state index contributed by atoms with van der Waals surface area (Å²) in [7, 11) is 0. The molecule has 3 rings (SSSR count). The standard InChI is InChI=1S/C18H12Cl2O3/c19-13-5-1-3-7-15(13)22-17-10-9-12(21)11-18(17)23-16-8-4-2-6-14(16)20/h1-11,21H. The molecule has 0 amide bonds. The van der Waals surface area contributed by atoms with Crippen molar-refractivity contribution in [2.24, 2.45) is 0 Å². The molecule has 5 heteroatoms. The van der Waals surface area contributed by atoms with Crippen LogP contribution in [0.3, 0.4) is 0 Å². The summed E-state index contributed by atoms with van der Waals surface area (Å²) < 4.78 is 11.6. The number of phenols is 1. The highest BCUT2D eigenvalue weighted by molar-refractivity contribution is 6.32. The summed E-state index contributed by atoms with van der Waals surface area (Å²) >= 11 is 12.2. The van der Waals surface area contributed by atoms with E-state index in [4.69, 9.17) is 32.7 Å². The lowest BCUT2D eigenvalue weighted by Gasteiger charge is -2.14. The molecule has 0 bridgehead atoms. The molecule has 0 aliphatic rings. The van der Waals surface area contributed by atoms with Gasteiger partial charge in [-0.2, -0.15) is 0 Å². The van der Waals surface area contributed by atoms with Crippen molar-refractivity contribution in [2.45, 2.75) is 0 Å². The van der Waals surface area contributed by atoms with Gasteiger partial charge in [0, 0.05) is 6.07 Å². The highest BCUT2D eigenvalue weighted by Crippen LogP contribution is 2.40. The second kappa shape index (κ2) is 6.82. The van der Waals surface area contributed by atoms with Crippen LogP contribution in [0.15, 0.2) is 66.7 Å². The molecule has 0 atom stereocenters. The third-order valence-electron chi connectivity index (χ3n) is 3.04. The Kier molecular flexibility index (Phi) is 4.60. The highest BCUT2D eigenvalue weighted by atomic mass is 35.5. The summed E-state index contributed by atoms with van der Waals surface area (Å²) in [4.78, 5) is 0. The third kappa shape index (κ3) is 3.70. The van der Waals surface area contributed by atoms with E-state index in [2.05, 4.69) is 0 Å². The Morgan fingerprint density at radius 2 is 1.13 bits per heavy atom. The van der Waals surface area contributed by atoms with E-state index >= 15 is 0 Å². The van der Waals surface area contributed by atoms with Crippen molar-refractivity contribution >= 4 is 23.2 Å². The summed E-state index contributed by atoms with van der Waals surface area (Å²) in [6.45, 7) is 0. The van der Waals surface area contributed by atoms with Crippen LogP contribution in [0.2, 0.25) is 10.0 Å². The second-order valence-corrected chi connectivity index (χ2v) is 5.51. The number of para-hydroxylation sites is 2. The third-order valence-corrected chi connectivity index (χ3v) is 3.66. The minimum atomic E-state index is 0.0542. The van der Waals surface area contributed by atoms with E-state index in [1.165, 1.54) is 12.1 Å². The first-order chi connectivity index (χ1) is 11.1. The number of hydrogen-bond acceptors (Lipinski definition) is 3. The average Bonchev–Trinajstić information content (AvgIpc) is 2.54. The maximum absolute atomic E-state index is 9.71. The summed E-state index contributed by atoms with van der Waals surface area (Å²) in [6.07, 6.45) is 0. The zero-order chi connectivity index (χ0) is 16.2. The highest BCUT2D eigenvalue weighted by Gasteiger charge is 2.12. The van der Waals surface area contributed by atoms with Crippen LogP contribution < -0.4 is 9.47 Å². The Labute approximate surface area is 143 Å². The first-order valence-electron chi connectivity index (χ1n) is 6.81. The monoisotopic (exact) mass is 346 g/mol. The molecule has 0 fully saturated rings. The lowest BCUT2D eigenvalue weighted by Crippen LogP contribution is -1.91. The summed E-state index contributed by atoms with van der Waals surface area (Å²) in [5.41, 5.74) is 0. The molecule has 0 aliphatic carbocycles. The van der Waals surface area contributed by atoms with Crippen LogP contribution in [0.4, 0.5) is 0 Å². The van der Waals surface area contributed by atoms with Crippen molar-refractivity contribution in [1.82, 2.24) is 0 Å². The van der Waals surface area contributed by atoms with Gasteiger partial charge in [-0.3, -0.25) is 0 Å². The van der Waals surface area contributed by atoms with Gasteiger partial charge in [-0.25, -0.2) is 0 Å². The molecular formula is C18H12Cl2O3. The molecule has 0 saturated heterocycles. The smallest absolute Gasteiger partial charge is 0.173 e. The first kappa shape index (κ1) is 15.5. The van der Waals surface area contributed by atoms with E-state index < -0.39 is 0 Å². The van der Waals surface area contributed by atoms with Crippen LogP contribution >= 0.6 is 23.2 Å². The Balaban J connectivity index is 1.95. The van der Waals surface area contributed by atoms with Gasteiger partial charge in [0.25, 0.3) is 0 Å². The molecule has 0 saturated carbocycles. The van der Waals surface area contributed by atoms with Gasteiger partial charge in [-0.05, 0) is 36.4 Å². The van der Waals surface area contributed by atoms with E-state index in [9.17, 15) is 5.11 Å². The molecule has 0 unspecified atom stereocenters. The number of ether oxygens (including phenoxy) is 2. The lowest BCUT2D eigenvalue weighted by atomic mass is 10.3. The van der Waals surface area contributed by atoms with Crippen molar-refractivity contribution in [3.8, 4) is 28.7 Å². The Hall–Kier alpha value is -2.36. The fourth-order valence-electron chi connectivity index (χ4n) is 1.95. The topological polar surface area (TPSA) is 38.7 Å². The molecular weight excluding hydrogens is 335 g/mol. The zero-order valence-corrected chi connectivity index (χ0v) is 13.4. The maximum atomic E-state index is 9.71. The largest absolute Gasteiger partial charge is 0.508 e. The van der Waals surface area contributed by atoms with Crippen LogP contribution in [0, 0.1) is 0 Å². The number of hydrogen-bond donors (Lipinski definition) is 1. The van der Waals surface area contributed by atoms with Gasteiger partial charge in [0.1, 0.15) is 17.2 Å². The second-order valence-electron chi connectivity index (χ2n) is 4.70. The molecule has 0 aliphatic heterocycles. The molecule has 0 heterocycles. The maximum Gasteiger partial charge on any atom is 0.173 e. The van der Waals surface area contributed by atoms with Crippen LogP contribution in [-0.2, 0) is 0 Å². The predicted molar refractivity (Wildman–Crippen MR) is 91.2 cm³/mol. The minimum Gasteiger partial charge on any atom is -0.508 e.